The van der Waals surface area contributed by atoms with Gasteiger partial charge >= 0.3 is 0 Å². The molecule has 0 radical (unpaired) electrons. The van der Waals surface area contributed by atoms with E-state index in [2.05, 4.69) is 31.1 Å². The molecule has 5 unspecified atom stereocenters. The summed E-state index contributed by atoms with van der Waals surface area (Å²) in [7, 11) is 3.97. The van der Waals surface area contributed by atoms with Crippen LogP contribution in [0.15, 0.2) is 0 Å². The van der Waals surface area contributed by atoms with E-state index in [-0.39, 0.29) is 0 Å². The quantitative estimate of drug-likeness (QED) is 0.830. The van der Waals surface area contributed by atoms with Crippen molar-refractivity contribution in [3.63, 3.8) is 0 Å². The minimum Gasteiger partial charge on any atom is -0.380 e. The molecule has 0 aromatic rings. The zero-order valence-corrected chi connectivity index (χ0v) is 12.5. The molecule has 1 N–H and O–H groups in total. The van der Waals surface area contributed by atoms with Gasteiger partial charge in [-0.2, -0.15) is 0 Å². The molecule has 1 aliphatic carbocycles. The second-order valence-electron chi connectivity index (χ2n) is 6.52. The van der Waals surface area contributed by atoms with E-state index in [1.54, 1.807) is 0 Å². The smallest absolute Gasteiger partial charge is 0.0710 e. The van der Waals surface area contributed by atoms with E-state index in [1.165, 1.54) is 32.4 Å². The van der Waals surface area contributed by atoms with Crippen LogP contribution in [0.4, 0.5) is 0 Å². The van der Waals surface area contributed by atoms with E-state index >= 15 is 0 Å². The molecular weight excluding hydrogens is 224 g/mol. The highest BCUT2D eigenvalue weighted by Gasteiger charge is 2.35. The lowest BCUT2D eigenvalue weighted by atomic mass is 9.72. The summed E-state index contributed by atoms with van der Waals surface area (Å²) < 4.78 is 5.47. The minimum absolute atomic E-state index is 0.468. The SMILES string of the molecule is CNC1CC(C)CC(C)C1CN1CCC(OC)C1. The molecule has 0 bridgehead atoms. The molecule has 1 saturated carbocycles. The summed E-state index contributed by atoms with van der Waals surface area (Å²) >= 11 is 0. The van der Waals surface area contributed by atoms with Crippen molar-refractivity contribution in [1.82, 2.24) is 10.2 Å². The Kier molecular flexibility index (Phi) is 5.05. The number of methoxy groups -OCH3 is 1. The van der Waals surface area contributed by atoms with Gasteiger partial charge in [0.05, 0.1) is 6.10 Å². The summed E-state index contributed by atoms with van der Waals surface area (Å²) in [6.07, 6.45) is 4.41. The summed E-state index contributed by atoms with van der Waals surface area (Å²) in [5.74, 6) is 2.52. The maximum Gasteiger partial charge on any atom is 0.0710 e. The molecule has 1 saturated heterocycles. The van der Waals surface area contributed by atoms with Crippen molar-refractivity contribution in [2.75, 3.05) is 33.8 Å². The summed E-state index contributed by atoms with van der Waals surface area (Å²) in [6, 6.07) is 0.699. The van der Waals surface area contributed by atoms with Gasteiger partial charge in [-0.05, 0) is 44.1 Å². The molecule has 5 atom stereocenters. The molecule has 1 aliphatic heterocycles. The first-order valence-corrected chi connectivity index (χ1v) is 7.56. The highest BCUT2D eigenvalue weighted by Crippen LogP contribution is 2.34. The van der Waals surface area contributed by atoms with Gasteiger partial charge in [0.25, 0.3) is 0 Å². The lowest BCUT2D eigenvalue weighted by Gasteiger charge is -2.41. The Bertz CT molecular complexity index is 259. The van der Waals surface area contributed by atoms with E-state index in [0.29, 0.717) is 12.1 Å². The molecule has 18 heavy (non-hydrogen) atoms. The van der Waals surface area contributed by atoms with Gasteiger partial charge in [0.2, 0.25) is 0 Å². The van der Waals surface area contributed by atoms with Crippen LogP contribution in [0.25, 0.3) is 0 Å². The highest BCUT2D eigenvalue weighted by atomic mass is 16.5. The number of ether oxygens (including phenoxy) is 1. The Morgan fingerprint density at radius 3 is 2.67 bits per heavy atom. The summed E-state index contributed by atoms with van der Waals surface area (Å²) in [6.45, 7) is 8.43. The van der Waals surface area contributed by atoms with Crippen LogP contribution >= 0.6 is 0 Å². The molecule has 0 aromatic heterocycles. The number of hydrogen-bond donors (Lipinski definition) is 1. The van der Waals surface area contributed by atoms with Crippen molar-refractivity contribution >= 4 is 0 Å². The molecule has 0 spiro atoms. The van der Waals surface area contributed by atoms with Crippen molar-refractivity contribution in [2.24, 2.45) is 17.8 Å². The number of rotatable bonds is 4. The third kappa shape index (κ3) is 3.25. The van der Waals surface area contributed by atoms with Crippen molar-refractivity contribution in [3.05, 3.63) is 0 Å². The average Bonchev–Trinajstić information content (AvgIpc) is 2.80. The van der Waals surface area contributed by atoms with Gasteiger partial charge < -0.3 is 15.0 Å². The van der Waals surface area contributed by atoms with Crippen LogP contribution in [0, 0.1) is 17.8 Å². The van der Waals surface area contributed by atoms with E-state index in [1.807, 2.05) is 7.11 Å². The molecule has 2 fully saturated rings. The summed E-state index contributed by atoms with van der Waals surface area (Å²) in [5.41, 5.74) is 0. The van der Waals surface area contributed by atoms with Crippen LogP contribution in [0.2, 0.25) is 0 Å². The van der Waals surface area contributed by atoms with Gasteiger partial charge in [0.1, 0.15) is 0 Å². The number of likely N-dealkylation sites (tertiary alicyclic amines) is 1. The second kappa shape index (κ2) is 6.36. The molecule has 106 valence electrons. The first-order chi connectivity index (χ1) is 8.63. The molecule has 2 aliphatic rings. The third-order valence-corrected chi connectivity index (χ3v) is 5.08. The molecule has 0 amide bonds. The van der Waals surface area contributed by atoms with Crippen LogP contribution in [-0.4, -0.2) is 50.8 Å². The van der Waals surface area contributed by atoms with Crippen molar-refractivity contribution in [2.45, 2.75) is 45.3 Å². The fraction of sp³-hybridized carbons (Fsp3) is 1.00. The zero-order chi connectivity index (χ0) is 13.1. The van der Waals surface area contributed by atoms with Crippen LogP contribution in [0.5, 0.6) is 0 Å². The Labute approximate surface area is 112 Å². The standard InChI is InChI=1S/C15H30N2O/c1-11-7-12(2)14(15(8-11)16-3)10-17-6-5-13(9-17)18-4/h11-16H,5-10H2,1-4H3. The maximum absolute atomic E-state index is 5.47. The summed E-state index contributed by atoms with van der Waals surface area (Å²) in [5, 5.41) is 3.56. The highest BCUT2D eigenvalue weighted by molar-refractivity contribution is 4.90. The van der Waals surface area contributed by atoms with Gasteiger partial charge in [-0.25, -0.2) is 0 Å². The number of hydrogen-bond acceptors (Lipinski definition) is 3. The largest absolute Gasteiger partial charge is 0.380 e. The lowest BCUT2D eigenvalue weighted by molar-refractivity contribution is 0.0871. The van der Waals surface area contributed by atoms with Crippen molar-refractivity contribution in [1.29, 1.82) is 0 Å². The topological polar surface area (TPSA) is 24.5 Å². The van der Waals surface area contributed by atoms with Crippen molar-refractivity contribution < 1.29 is 4.74 Å². The van der Waals surface area contributed by atoms with E-state index < -0.39 is 0 Å². The molecule has 1 heterocycles. The number of nitrogens with zero attached hydrogens (tertiary/aromatic N) is 1. The maximum atomic E-state index is 5.47. The van der Waals surface area contributed by atoms with Crippen molar-refractivity contribution in [3.8, 4) is 0 Å². The monoisotopic (exact) mass is 254 g/mol. The number of nitrogens with one attached hydrogen (secondary N) is 1. The first-order valence-electron chi connectivity index (χ1n) is 7.56. The third-order valence-electron chi connectivity index (χ3n) is 5.08. The fourth-order valence-corrected chi connectivity index (χ4v) is 4.00. The van der Waals surface area contributed by atoms with E-state index in [0.717, 1.165) is 24.3 Å². The van der Waals surface area contributed by atoms with E-state index in [9.17, 15) is 0 Å². The molecular formula is C15H30N2O. The second-order valence-corrected chi connectivity index (χ2v) is 6.52. The summed E-state index contributed by atoms with van der Waals surface area (Å²) in [4.78, 5) is 2.61. The van der Waals surface area contributed by atoms with Crippen LogP contribution in [0.3, 0.4) is 0 Å². The van der Waals surface area contributed by atoms with E-state index in [4.69, 9.17) is 4.74 Å². The van der Waals surface area contributed by atoms with Crippen LogP contribution < -0.4 is 5.32 Å². The molecule has 3 heteroatoms. The normalized spacial score (nSPS) is 42.3. The fourth-order valence-electron chi connectivity index (χ4n) is 4.00. The Hall–Kier alpha value is -0.120. The Morgan fingerprint density at radius 2 is 2.06 bits per heavy atom. The van der Waals surface area contributed by atoms with Gasteiger partial charge in [-0.1, -0.05) is 13.8 Å². The molecule has 0 aromatic carbocycles. The molecule has 3 nitrogen and oxygen atoms in total. The zero-order valence-electron chi connectivity index (χ0n) is 12.5. The lowest BCUT2D eigenvalue weighted by Crippen LogP contribution is -2.47. The average molecular weight is 254 g/mol. The van der Waals surface area contributed by atoms with Gasteiger partial charge in [0, 0.05) is 32.8 Å². The minimum atomic E-state index is 0.468. The Morgan fingerprint density at radius 1 is 1.28 bits per heavy atom. The van der Waals surface area contributed by atoms with Crippen LogP contribution in [-0.2, 0) is 4.74 Å². The van der Waals surface area contributed by atoms with Gasteiger partial charge in [-0.15, -0.1) is 0 Å². The van der Waals surface area contributed by atoms with Gasteiger partial charge in [-0.3, -0.25) is 0 Å². The first kappa shape index (κ1) is 14.3. The van der Waals surface area contributed by atoms with Gasteiger partial charge in [0.15, 0.2) is 0 Å². The Balaban J connectivity index is 1.90. The predicted octanol–water partition coefficient (Wildman–Crippen LogP) is 1.98. The predicted molar refractivity (Wildman–Crippen MR) is 75.8 cm³/mol. The van der Waals surface area contributed by atoms with Crippen LogP contribution in [0.1, 0.15) is 33.1 Å². The molecule has 2 rings (SSSR count).